The monoisotopic (exact) mass is 355 g/mol. The van der Waals surface area contributed by atoms with E-state index in [1.54, 1.807) is 0 Å². The first-order valence-electron chi connectivity index (χ1n) is 6.20. The van der Waals surface area contributed by atoms with Crippen molar-refractivity contribution in [2.45, 2.75) is 31.2 Å². The number of rotatable bonds is 6. The zero-order valence-corrected chi connectivity index (χ0v) is 13.3. The number of likely N-dealkylation sites (N-methyl/N-ethyl adjacent to an activating group) is 1. The number of hydrogen-bond acceptors (Lipinski definition) is 4. The Kier molecular flexibility index (Phi) is 11.4. The standard InChI is InChI=1S/C11H20F3N3O2.2ClH/c1-17(7-11(12,13)14)5-4-16-10(18)9-3-2-8(6-15)19-9;;/h8-9H,2-7,15H2,1H3,(H,16,18);2*1H/t8-,9+;;/m1../s1. The number of alkyl halides is 3. The molecule has 0 unspecified atom stereocenters. The van der Waals surface area contributed by atoms with Gasteiger partial charge in [-0.1, -0.05) is 0 Å². The van der Waals surface area contributed by atoms with Crippen molar-refractivity contribution < 1.29 is 22.7 Å². The van der Waals surface area contributed by atoms with Crippen molar-refractivity contribution in [1.29, 1.82) is 0 Å². The van der Waals surface area contributed by atoms with E-state index in [1.807, 2.05) is 0 Å². The molecule has 0 saturated carbocycles. The predicted molar refractivity (Wildman–Crippen MR) is 78.0 cm³/mol. The Balaban J connectivity index is 0. The summed E-state index contributed by atoms with van der Waals surface area (Å²) >= 11 is 0. The van der Waals surface area contributed by atoms with Crippen LogP contribution in [0.1, 0.15) is 12.8 Å². The third kappa shape index (κ3) is 9.36. The van der Waals surface area contributed by atoms with E-state index >= 15 is 0 Å². The first-order chi connectivity index (χ1) is 8.81. The lowest BCUT2D eigenvalue weighted by Crippen LogP contribution is -2.41. The quantitative estimate of drug-likeness (QED) is 0.744. The van der Waals surface area contributed by atoms with Gasteiger partial charge in [-0.2, -0.15) is 13.2 Å². The molecular formula is C11H22Cl2F3N3O2. The van der Waals surface area contributed by atoms with Gasteiger partial charge < -0.3 is 15.8 Å². The number of nitrogens with two attached hydrogens (primary N) is 1. The maximum Gasteiger partial charge on any atom is 0.401 e. The Morgan fingerprint density at radius 3 is 2.48 bits per heavy atom. The van der Waals surface area contributed by atoms with E-state index in [0.29, 0.717) is 13.0 Å². The summed E-state index contributed by atoms with van der Waals surface area (Å²) < 4.78 is 41.6. The van der Waals surface area contributed by atoms with Crippen LogP contribution < -0.4 is 11.1 Å². The van der Waals surface area contributed by atoms with E-state index in [0.717, 1.165) is 11.3 Å². The molecule has 1 rings (SSSR count). The fourth-order valence-corrected chi connectivity index (χ4v) is 1.94. The number of nitrogens with one attached hydrogen (secondary N) is 1. The normalized spacial score (nSPS) is 21.6. The average Bonchev–Trinajstić information content (AvgIpc) is 2.74. The maximum atomic E-state index is 12.1. The predicted octanol–water partition coefficient (Wildman–Crippen LogP) is 0.947. The Morgan fingerprint density at radius 2 is 2.00 bits per heavy atom. The number of halogens is 5. The van der Waals surface area contributed by atoms with Gasteiger partial charge >= 0.3 is 6.18 Å². The fraction of sp³-hybridized carbons (Fsp3) is 0.909. The second-order valence-electron chi connectivity index (χ2n) is 4.70. The van der Waals surface area contributed by atoms with E-state index in [4.69, 9.17) is 10.5 Å². The third-order valence-corrected chi connectivity index (χ3v) is 2.90. The van der Waals surface area contributed by atoms with Crippen LogP contribution >= 0.6 is 24.8 Å². The second-order valence-corrected chi connectivity index (χ2v) is 4.70. The molecule has 1 aliphatic heterocycles. The molecule has 21 heavy (non-hydrogen) atoms. The minimum Gasteiger partial charge on any atom is -0.364 e. The van der Waals surface area contributed by atoms with Crippen LogP contribution in [0.15, 0.2) is 0 Å². The van der Waals surface area contributed by atoms with Crippen molar-refractivity contribution in [2.75, 3.05) is 33.2 Å². The molecule has 3 N–H and O–H groups in total. The summed E-state index contributed by atoms with van der Waals surface area (Å²) in [6, 6.07) is 0. The van der Waals surface area contributed by atoms with Crippen LogP contribution in [0.25, 0.3) is 0 Å². The van der Waals surface area contributed by atoms with Gasteiger partial charge in [-0.3, -0.25) is 9.69 Å². The van der Waals surface area contributed by atoms with Crippen molar-refractivity contribution >= 4 is 30.7 Å². The number of amides is 1. The number of ether oxygens (including phenoxy) is 1. The average molecular weight is 356 g/mol. The highest BCUT2D eigenvalue weighted by molar-refractivity contribution is 5.85. The lowest BCUT2D eigenvalue weighted by atomic mass is 10.2. The summed E-state index contributed by atoms with van der Waals surface area (Å²) in [4.78, 5) is 12.8. The molecule has 0 aliphatic carbocycles. The largest absolute Gasteiger partial charge is 0.401 e. The number of carbonyl (C=O) groups excluding carboxylic acids is 1. The summed E-state index contributed by atoms with van der Waals surface area (Å²) in [5, 5.41) is 2.57. The molecular weight excluding hydrogens is 334 g/mol. The molecule has 1 amide bonds. The van der Waals surface area contributed by atoms with Gasteiger partial charge in [0.2, 0.25) is 5.91 Å². The fourth-order valence-electron chi connectivity index (χ4n) is 1.94. The molecule has 0 radical (unpaired) electrons. The molecule has 0 spiro atoms. The highest BCUT2D eigenvalue weighted by atomic mass is 35.5. The first kappa shape index (κ1) is 23.0. The number of carbonyl (C=O) groups is 1. The topological polar surface area (TPSA) is 67.6 Å². The molecule has 1 aliphatic rings. The third-order valence-electron chi connectivity index (χ3n) is 2.90. The van der Waals surface area contributed by atoms with Gasteiger partial charge in [0.25, 0.3) is 0 Å². The van der Waals surface area contributed by atoms with Crippen molar-refractivity contribution in [1.82, 2.24) is 10.2 Å². The van der Waals surface area contributed by atoms with E-state index in [-0.39, 0.29) is 49.9 Å². The highest BCUT2D eigenvalue weighted by Crippen LogP contribution is 2.18. The smallest absolute Gasteiger partial charge is 0.364 e. The van der Waals surface area contributed by atoms with Gasteiger partial charge in [-0.25, -0.2) is 0 Å². The van der Waals surface area contributed by atoms with Crippen LogP contribution in [0.4, 0.5) is 13.2 Å². The summed E-state index contributed by atoms with van der Waals surface area (Å²) in [6.07, 6.45) is -3.50. The molecule has 128 valence electrons. The van der Waals surface area contributed by atoms with E-state index in [9.17, 15) is 18.0 Å². The zero-order chi connectivity index (χ0) is 14.5. The first-order valence-corrected chi connectivity index (χ1v) is 6.20. The molecule has 0 aromatic rings. The van der Waals surface area contributed by atoms with Gasteiger partial charge in [0.05, 0.1) is 12.6 Å². The molecule has 10 heteroatoms. The van der Waals surface area contributed by atoms with Crippen LogP contribution in [-0.4, -0.2) is 62.4 Å². The minimum atomic E-state index is -4.22. The van der Waals surface area contributed by atoms with Crippen molar-refractivity contribution in [3.05, 3.63) is 0 Å². The van der Waals surface area contributed by atoms with E-state index in [1.165, 1.54) is 7.05 Å². The Morgan fingerprint density at radius 1 is 1.38 bits per heavy atom. The lowest BCUT2D eigenvalue weighted by Gasteiger charge is -2.19. The summed E-state index contributed by atoms with van der Waals surface area (Å²) in [5.41, 5.74) is 5.42. The molecule has 1 saturated heterocycles. The van der Waals surface area contributed by atoms with Crippen LogP contribution in [-0.2, 0) is 9.53 Å². The molecule has 0 aromatic carbocycles. The number of nitrogens with zero attached hydrogens (tertiary/aromatic N) is 1. The number of hydrogen-bond donors (Lipinski definition) is 2. The van der Waals surface area contributed by atoms with Gasteiger partial charge in [0, 0.05) is 19.6 Å². The SMILES string of the molecule is CN(CCNC(=O)[C@@H]1CC[C@H](CN)O1)CC(F)(F)F.Cl.Cl. The van der Waals surface area contributed by atoms with Crippen LogP contribution in [0.5, 0.6) is 0 Å². The molecule has 2 atom stereocenters. The molecule has 1 heterocycles. The maximum absolute atomic E-state index is 12.1. The summed E-state index contributed by atoms with van der Waals surface area (Å²) in [6.45, 7) is -0.313. The van der Waals surface area contributed by atoms with Crippen LogP contribution in [0.2, 0.25) is 0 Å². The molecule has 5 nitrogen and oxygen atoms in total. The van der Waals surface area contributed by atoms with Crippen molar-refractivity contribution in [3.8, 4) is 0 Å². The van der Waals surface area contributed by atoms with Crippen LogP contribution in [0, 0.1) is 0 Å². The van der Waals surface area contributed by atoms with Gasteiger partial charge in [0.1, 0.15) is 6.10 Å². The van der Waals surface area contributed by atoms with Crippen LogP contribution in [0.3, 0.4) is 0 Å². The summed E-state index contributed by atoms with van der Waals surface area (Å²) in [7, 11) is 1.36. The minimum absolute atomic E-state index is 0. The molecule has 1 fully saturated rings. The zero-order valence-electron chi connectivity index (χ0n) is 11.7. The van der Waals surface area contributed by atoms with Gasteiger partial charge in [0.15, 0.2) is 0 Å². The lowest BCUT2D eigenvalue weighted by molar-refractivity contribution is -0.143. The second kappa shape index (κ2) is 10.4. The van der Waals surface area contributed by atoms with E-state index in [2.05, 4.69) is 5.32 Å². The molecule has 0 bridgehead atoms. The van der Waals surface area contributed by atoms with Gasteiger partial charge in [-0.15, -0.1) is 24.8 Å². The molecule has 0 aromatic heterocycles. The Bertz CT molecular complexity index is 309. The van der Waals surface area contributed by atoms with E-state index < -0.39 is 18.8 Å². The highest BCUT2D eigenvalue weighted by Gasteiger charge is 2.30. The van der Waals surface area contributed by atoms with Crippen molar-refractivity contribution in [2.24, 2.45) is 5.73 Å². The van der Waals surface area contributed by atoms with Gasteiger partial charge in [-0.05, 0) is 19.9 Å². The summed E-state index contributed by atoms with van der Waals surface area (Å²) in [5.74, 6) is -0.281. The Hall–Kier alpha value is -0.280. The Labute approximate surface area is 134 Å². The van der Waals surface area contributed by atoms with Crippen molar-refractivity contribution in [3.63, 3.8) is 0 Å².